The van der Waals surface area contributed by atoms with Crippen LogP contribution in [-0.2, 0) is 0 Å². The second-order valence-corrected chi connectivity index (χ2v) is 5.41. The lowest BCUT2D eigenvalue weighted by Gasteiger charge is -2.16. The predicted octanol–water partition coefficient (Wildman–Crippen LogP) is 3.88. The van der Waals surface area contributed by atoms with Gasteiger partial charge in [0, 0.05) is 17.5 Å². The van der Waals surface area contributed by atoms with Gasteiger partial charge in [-0.3, -0.25) is 0 Å². The van der Waals surface area contributed by atoms with Crippen molar-refractivity contribution in [2.75, 3.05) is 20.3 Å². The summed E-state index contributed by atoms with van der Waals surface area (Å²) in [7, 11) is 1.66. The highest BCUT2D eigenvalue weighted by Gasteiger charge is 2.09. The minimum atomic E-state index is 0.413. The number of thiophene rings is 1. The van der Waals surface area contributed by atoms with Crippen molar-refractivity contribution in [3.63, 3.8) is 0 Å². The van der Waals surface area contributed by atoms with Crippen LogP contribution in [0.3, 0.4) is 0 Å². The van der Waals surface area contributed by atoms with E-state index in [9.17, 15) is 0 Å². The molecule has 0 aliphatic heterocycles. The molecule has 1 heterocycles. The first kappa shape index (κ1) is 14.9. The zero-order valence-corrected chi connectivity index (χ0v) is 12.8. The molecule has 0 aliphatic carbocycles. The normalized spacial score (nSPS) is 12.1. The molecule has 1 aromatic heterocycles. The van der Waals surface area contributed by atoms with Crippen LogP contribution in [-0.4, -0.2) is 20.3 Å². The zero-order valence-electron chi connectivity index (χ0n) is 12.0. The lowest BCUT2D eigenvalue weighted by molar-refractivity contribution is 0.286. The van der Waals surface area contributed by atoms with Crippen LogP contribution in [0.25, 0.3) is 0 Å². The fourth-order valence-electron chi connectivity index (χ4n) is 2.07. The van der Waals surface area contributed by atoms with Gasteiger partial charge in [0.1, 0.15) is 6.61 Å². The van der Waals surface area contributed by atoms with Gasteiger partial charge < -0.3 is 14.8 Å². The Labute approximate surface area is 124 Å². The third kappa shape index (κ3) is 3.99. The predicted molar refractivity (Wildman–Crippen MR) is 83.8 cm³/mol. The highest BCUT2D eigenvalue weighted by atomic mass is 32.1. The standard InChI is InChI=1S/C16H21NO2S/c1-3-13(16-9-6-12-20-16)17-10-11-19-15-8-5-4-7-14(15)18-2/h4-9,12-13,17H,3,10-11H2,1-2H3. The van der Waals surface area contributed by atoms with E-state index in [4.69, 9.17) is 9.47 Å². The average molecular weight is 291 g/mol. The van der Waals surface area contributed by atoms with Crippen molar-refractivity contribution in [2.24, 2.45) is 0 Å². The van der Waals surface area contributed by atoms with Gasteiger partial charge in [-0.15, -0.1) is 11.3 Å². The van der Waals surface area contributed by atoms with E-state index < -0.39 is 0 Å². The molecule has 0 fully saturated rings. The highest BCUT2D eigenvalue weighted by Crippen LogP contribution is 2.25. The Balaban J connectivity index is 1.78. The summed E-state index contributed by atoms with van der Waals surface area (Å²) in [6.07, 6.45) is 1.08. The molecule has 1 unspecified atom stereocenters. The Hall–Kier alpha value is -1.52. The Kier molecular flexibility index (Phi) is 5.89. The quantitative estimate of drug-likeness (QED) is 0.749. The third-order valence-corrected chi connectivity index (χ3v) is 4.10. The van der Waals surface area contributed by atoms with Gasteiger partial charge in [0.2, 0.25) is 0 Å². The molecule has 0 spiro atoms. The van der Waals surface area contributed by atoms with Crippen LogP contribution in [0.15, 0.2) is 41.8 Å². The highest BCUT2D eigenvalue weighted by molar-refractivity contribution is 7.10. The van der Waals surface area contributed by atoms with Crippen LogP contribution >= 0.6 is 11.3 Å². The first-order valence-corrected chi connectivity index (χ1v) is 7.75. The van der Waals surface area contributed by atoms with Crippen molar-refractivity contribution < 1.29 is 9.47 Å². The monoisotopic (exact) mass is 291 g/mol. The van der Waals surface area contributed by atoms with Crippen molar-refractivity contribution in [2.45, 2.75) is 19.4 Å². The first-order chi connectivity index (χ1) is 9.85. The molecule has 0 aliphatic rings. The van der Waals surface area contributed by atoms with Crippen LogP contribution in [0.2, 0.25) is 0 Å². The molecule has 1 atom stereocenters. The molecule has 2 aromatic rings. The SMILES string of the molecule is CCC(NCCOc1ccccc1OC)c1cccs1. The molecule has 0 saturated carbocycles. The summed E-state index contributed by atoms with van der Waals surface area (Å²) in [5.41, 5.74) is 0. The van der Waals surface area contributed by atoms with Crippen LogP contribution in [0.5, 0.6) is 11.5 Å². The van der Waals surface area contributed by atoms with E-state index in [1.165, 1.54) is 4.88 Å². The summed E-state index contributed by atoms with van der Waals surface area (Å²) in [4.78, 5) is 1.38. The van der Waals surface area contributed by atoms with E-state index in [1.54, 1.807) is 18.4 Å². The van der Waals surface area contributed by atoms with E-state index in [0.717, 1.165) is 24.5 Å². The van der Waals surface area contributed by atoms with Crippen molar-refractivity contribution in [1.29, 1.82) is 0 Å². The molecule has 0 radical (unpaired) electrons. The summed E-state index contributed by atoms with van der Waals surface area (Å²) >= 11 is 1.79. The number of hydrogen-bond donors (Lipinski definition) is 1. The van der Waals surface area contributed by atoms with Gasteiger partial charge in [-0.1, -0.05) is 25.1 Å². The zero-order chi connectivity index (χ0) is 14.2. The third-order valence-electron chi connectivity index (χ3n) is 3.11. The van der Waals surface area contributed by atoms with Gasteiger partial charge >= 0.3 is 0 Å². The Morgan fingerprint density at radius 2 is 1.95 bits per heavy atom. The molecule has 108 valence electrons. The molecular weight excluding hydrogens is 270 g/mol. The molecule has 0 bridgehead atoms. The maximum Gasteiger partial charge on any atom is 0.161 e. The lowest BCUT2D eigenvalue weighted by atomic mass is 10.2. The van der Waals surface area contributed by atoms with Crippen LogP contribution in [0, 0.1) is 0 Å². The van der Waals surface area contributed by atoms with E-state index >= 15 is 0 Å². The summed E-state index contributed by atoms with van der Waals surface area (Å²) in [6.45, 7) is 3.63. The second-order valence-electron chi connectivity index (χ2n) is 4.43. The maximum atomic E-state index is 5.76. The number of para-hydroxylation sites is 2. The number of benzene rings is 1. The maximum absolute atomic E-state index is 5.76. The topological polar surface area (TPSA) is 30.5 Å². The molecule has 20 heavy (non-hydrogen) atoms. The molecule has 1 aromatic carbocycles. The Bertz CT molecular complexity index is 499. The van der Waals surface area contributed by atoms with Gasteiger partial charge in [0.25, 0.3) is 0 Å². The molecule has 1 N–H and O–H groups in total. The molecule has 0 saturated heterocycles. The Morgan fingerprint density at radius 3 is 2.60 bits per heavy atom. The molecule has 0 amide bonds. The second kappa shape index (κ2) is 7.92. The average Bonchev–Trinajstić information content (AvgIpc) is 3.02. The van der Waals surface area contributed by atoms with Crippen LogP contribution in [0.1, 0.15) is 24.3 Å². The van der Waals surface area contributed by atoms with Crippen LogP contribution < -0.4 is 14.8 Å². The Morgan fingerprint density at radius 1 is 1.15 bits per heavy atom. The van der Waals surface area contributed by atoms with Gasteiger partial charge in [0.15, 0.2) is 11.5 Å². The first-order valence-electron chi connectivity index (χ1n) is 6.87. The number of ether oxygens (including phenoxy) is 2. The van der Waals surface area contributed by atoms with Crippen molar-refractivity contribution >= 4 is 11.3 Å². The van der Waals surface area contributed by atoms with E-state index in [2.05, 4.69) is 29.8 Å². The van der Waals surface area contributed by atoms with Gasteiger partial charge in [0.05, 0.1) is 7.11 Å². The smallest absolute Gasteiger partial charge is 0.161 e. The molecular formula is C16H21NO2S. The van der Waals surface area contributed by atoms with Crippen molar-refractivity contribution in [1.82, 2.24) is 5.32 Å². The minimum absolute atomic E-state index is 0.413. The van der Waals surface area contributed by atoms with Crippen LogP contribution in [0.4, 0.5) is 0 Å². The van der Waals surface area contributed by atoms with Gasteiger partial charge in [-0.05, 0) is 30.0 Å². The number of rotatable bonds is 8. The van der Waals surface area contributed by atoms with Crippen molar-refractivity contribution in [3.8, 4) is 11.5 Å². The minimum Gasteiger partial charge on any atom is -0.493 e. The summed E-state index contributed by atoms with van der Waals surface area (Å²) < 4.78 is 11.0. The van der Waals surface area contributed by atoms with Gasteiger partial charge in [-0.2, -0.15) is 0 Å². The lowest BCUT2D eigenvalue weighted by Crippen LogP contribution is -2.25. The summed E-state index contributed by atoms with van der Waals surface area (Å²) in [6, 6.07) is 12.4. The fourth-order valence-corrected chi connectivity index (χ4v) is 2.95. The number of nitrogens with one attached hydrogen (secondary N) is 1. The molecule has 2 rings (SSSR count). The molecule has 3 nitrogen and oxygen atoms in total. The number of methoxy groups -OCH3 is 1. The fraction of sp³-hybridized carbons (Fsp3) is 0.375. The van der Waals surface area contributed by atoms with Crippen molar-refractivity contribution in [3.05, 3.63) is 46.7 Å². The number of hydrogen-bond acceptors (Lipinski definition) is 4. The van der Waals surface area contributed by atoms with E-state index in [0.29, 0.717) is 12.6 Å². The van der Waals surface area contributed by atoms with Gasteiger partial charge in [-0.25, -0.2) is 0 Å². The molecule has 4 heteroatoms. The van der Waals surface area contributed by atoms with E-state index in [-0.39, 0.29) is 0 Å². The van der Waals surface area contributed by atoms with E-state index in [1.807, 2.05) is 24.3 Å². The summed E-state index contributed by atoms with van der Waals surface area (Å²) in [5.74, 6) is 1.57. The largest absolute Gasteiger partial charge is 0.493 e. The summed E-state index contributed by atoms with van der Waals surface area (Å²) in [5, 5.41) is 5.64.